The topological polar surface area (TPSA) is 119 Å². The van der Waals surface area contributed by atoms with Gasteiger partial charge in [0.05, 0.1) is 16.9 Å². The molecule has 3 heterocycles. The first-order valence-electron chi connectivity index (χ1n) is 17.5. The molecule has 4 amide bonds. The molecule has 5 rings (SSSR count). The third-order valence-electron chi connectivity index (χ3n) is 8.95. The number of piperazine rings is 1. The maximum absolute atomic E-state index is 13.7. The summed E-state index contributed by atoms with van der Waals surface area (Å²) in [5.41, 5.74) is 3.06. The first kappa shape index (κ1) is 36.3. The normalized spacial score (nSPS) is 14.4. The number of amides is 4. The van der Waals surface area contributed by atoms with E-state index in [1.54, 1.807) is 52.4 Å². The van der Waals surface area contributed by atoms with Crippen LogP contribution < -0.4 is 15.1 Å². The van der Waals surface area contributed by atoms with E-state index in [9.17, 15) is 19.2 Å². The Morgan fingerprint density at radius 3 is 2.28 bits per heavy atom. The molecule has 0 unspecified atom stereocenters. The lowest BCUT2D eigenvalue weighted by atomic mass is 10.1. The largest absolute Gasteiger partial charge is 0.444 e. The second-order valence-electron chi connectivity index (χ2n) is 13.5. The molecule has 2 aromatic carbocycles. The molecule has 0 atom stereocenters. The summed E-state index contributed by atoms with van der Waals surface area (Å²) in [7, 11) is 0. The Kier molecular flexibility index (Phi) is 11.7. The molecule has 0 saturated carbocycles. The molecule has 12 nitrogen and oxygen atoms in total. The average molecular weight is 684 g/mol. The number of hydrogen-bond acceptors (Lipinski definition) is 8. The highest BCUT2D eigenvalue weighted by Crippen LogP contribution is 2.36. The maximum atomic E-state index is 13.7. The Morgan fingerprint density at radius 1 is 0.880 bits per heavy atom. The van der Waals surface area contributed by atoms with Crippen molar-refractivity contribution in [2.45, 2.75) is 59.6 Å². The monoisotopic (exact) mass is 683 g/mol. The number of rotatable bonds is 11. The van der Waals surface area contributed by atoms with Gasteiger partial charge in [0.1, 0.15) is 5.60 Å². The summed E-state index contributed by atoms with van der Waals surface area (Å²) in [4.78, 5) is 66.3. The summed E-state index contributed by atoms with van der Waals surface area (Å²) in [6.45, 7) is 15.8. The standard InChI is InChI=1S/C38H49N7O5/c1-6-41(27-28-14-16-29(17-15-28)43-23-25-44(26-24-43)37(49)50-38(3,4)5)21-22-42(7-2)33(46)18-19-34(47)45-32-13-9-8-11-30(32)36(48)40-31-12-10-20-39-35(31)45/h8-17,20H,6-7,18-19,21-27H2,1-5H3,(H,40,48). The quantitative estimate of drug-likeness (QED) is 0.281. The van der Waals surface area contributed by atoms with Crippen molar-refractivity contribution in [1.29, 1.82) is 0 Å². The number of ether oxygens (including phenoxy) is 1. The number of hydrogen-bond donors (Lipinski definition) is 1. The van der Waals surface area contributed by atoms with E-state index in [1.807, 2.05) is 27.7 Å². The van der Waals surface area contributed by atoms with Crippen molar-refractivity contribution in [3.63, 3.8) is 0 Å². The van der Waals surface area contributed by atoms with Crippen molar-refractivity contribution in [1.82, 2.24) is 19.7 Å². The molecule has 1 fully saturated rings. The first-order chi connectivity index (χ1) is 24.0. The number of benzene rings is 2. The van der Waals surface area contributed by atoms with Crippen LogP contribution in [0, 0.1) is 0 Å². The highest BCUT2D eigenvalue weighted by Gasteiger charge is 2.31. The number of nitrogens with one attached hydrogen (secondary N) is 1. The lowest BCUT2D eigenvalue weighted by molar-refractivity contribution is -0.133. The third kappa shape index (κ3) is 8.97. The fourth-order valence-corrected chi connectivity index (χ4v) is 6.19. The lowest BCUT2D eigenvalue weighted by Crippen LogP contribution is -2.50. The molecular weight excluding hydrogens is 634 g/mol. The van der Waals surface area contributed by atoms with Gasteiger partial charge in [-0.05, 0) is 76.2 Å². The Bertz CT molecular complexity index is 1660. The van der Waals surface area contributed by atoms with Crippen LogP contribution in [-0.4, -0.2) is 101 Å². The van der Waals surface area contributed by atoms with Crippen molar-refractivity contribution in [2.75, 3.05) is 67.5 Å². The van der Waals surface area contributed by atoms with E-state index in [4.69, 9.17) is 4.74 Å². The summed E-state index contributed by atoms with van der Waals surface area (Å²) in [6.07, 6.45) is 1.35. The van der Waals surface area contributed by atoms with Gasteiger partial charge in [-0.2, -0.15) is 0 Å². The second-order valence-corrected chi connectivity index (χ2v) is 13.5. The Labute approximate surface area is 295 Å². The first-order valence-corrected chi connectivity index (χ1v) is 17.5. The second kappa shape index (κ2) is 16.2. The van der Waals surface area contributed by atoms with Crippen molar-refractivity contribution < 1.29 is 23.9 Å². The molecule has 0 aliphatic carbocycles. The molecule has 1 aromatic heterocycles. The smallest absolute Gasteiger partial charge is 0.410 e. The van der Waals surface area contributed by atoms with Crippen molar-refractivity contribution >= 4 is 46.7 Å². The van der Waals surface area contributed by atoms with Crippen LogP contribution in [0.2, 0.25) is 0 Å². The lowest BCUT2D eigenvalue weighted by Gasteiger charge is -2.36. The van der Waals surface area contributed by atoms with Crippen LogP contribution in [0.1, 0.15) is 63.4 Å². The van der Waals surface area contributed by atoms with Gasteiger partial charge in [-0.1, -0.05) is 31.2 Å². The van der Waals surface area contributed by atoms with Crippen LogP contribution in [0.4, 0.5) is 27.7 Å². The average Bonchev–Trinajstić information content (AvgIpc) is 3.23. The van der Waals surface area contributed by atoms with Crippen LogP contribution in [0.5, 0.6) is 0 Å². The van der Waals surface area contributed by atoms with E-state index in [2.05, 4.69) is 51.3 Å². The SMILES string of the molecule is CCN(CCN(CC)C(=O)CCC(=O)N1c2ccccc2C(=O)Nc2cccnc21)Cc1ccc(N2CCN(C(=O)OC(C)(C)C)CC2)cc1. The van der Waals surface area contributed by atoms with Gasteiger partial charge in [0, 0.05) is 77.1 Å². The van der Waals surface area contributed by atoms with Crippen molar-refractivity contribution in [2.24, 2.45) is 0 Å². The number of fused-ring (bicyclic) bond motifs is 2. The summed E-state index contributed by atoms with van der Waals surface area (Å²) in [5.74, 6) is -0.374. The van der Waals surface area contributed by atoms with Gasteiger partial charge < -0.3 is 24.8 Å². The third-order valence-corrected chi connectivity index (χ3v) is 8.95. The zero-order valence-corrected chi connectivity index (χ0v) is 29.9. The van der Waals surface area contributed by atoms with Crippen molar-refractivity contribution in [3.05, 3.63) is 78.0 Å². The zero-order valence-electron chi connectivity index (χ0n) is 29.9. The number of aromatic nitrogens is 1. The minimum atomic E-state index is -0.504. The van der Waals surface area contributed by atoms with Crippen LogP contribution in [0.15, 0.2) is 66.9 Å². The summed E-state index contributed by atoms with van der Waals surface area (Å²) in [5, 5.41) is 2.84. The zero-order chi connectivity index (χ0) is 35.8. The summed E-state index contributed by atoms with van der Waals surface area (Å²) >= 11 is 0. The number of carbonyl (C=O) groups excluding carboxylic acids is 4. The number of pyridine rings is 1. The van der Waals surface area contributed by atoms with Crippen LogP contribution in [0.25, 0.3) is 0 Å². The number of nitrogens with zero attached hydrogens (tertiary/aromatic N) is 6. The summed E-state index contributed by atoms with van der Waals surface area (Å²) < 4.78 is 5.52. The predicted octanol–water partition coefficient (Wildman–Crippen LogP) is 5.52. The van der Waals surface area contributed by atoms with Crippen LogP contribution in [-0.2, 0) is 20.9 Å². The fraction of sp³-hybridized carbons (Fsp3) is 0.447. The molecular formula is C38H49N7O5. The minimum Gasteiger partial charge on any atom is -0.444 e. The Hall–Kier alpha value is -4.97. The number of carbonyl (C=O) groups is 4. The Balaban J connectivity index is 1.12. The molecule has 50 heavy (non-hydrogen) atoms. The van der Waals surface area contributed by atoms with Gasteiger partial charge in [0.25, 0.3) is 5.91 Å². The minimum absolute atomic E-state index is 0.0201. The van der Waals surface area contributed by atoms with E-state index in [0.717, 1.165) is 31.9 Å². The molecule has 0 bridgehead atoms. The predicted molar refractivity (Wildman–Crippen MR) is 195 cm³/mol. The van der Waals surface area contributed by atoms with Gasteiger partial charge in [0.2, 0.25) is 11.8 Å². The molecule has 2 aliphatic heterocycles. The molecule has 0 radical (unpaired) electrons. The van der Waals surface area contributed by atoms with E-state index >= 15 is 0 Å². The maximum Gasteiger partial charge on any atom is 0.410 e. The number of para-hydroxylation sites is 1. The Morgan fingerprint density at radius 2 is 1.60 bits per heavy atom. The van der Waals surface area contributed by atoms with E-state index in [0.29, 0.717) is 55.5 Å². The van der Waals surface area contributed by atoms with Gasteiger partial charge in [0.15, 0.2) is 5.82 Å². The van der Waals surface area contributed by atoms with Gasteiger partial charge in [-0.3, -0.25) is 24.2 Å². The molecule has 1 N–H and O–H groups in total. The number of anilines is 4. The molecule has 12 heteroatoms. The molecule has 0 spiro atoms. The van der Waals surface area contributed by atoms with Crippen LogP contribution >= 0.6 is 0 Å². The van der Waals surface area contributed by atoms with E-state index in [1.165, 1.54) is 10.5 Å². The van der Waals surface area contributed by atoms with Gasteiger partial charge >= 0.3 is 6.09 Å². The highest BCUT2D eigenvalue weighted by molar-refractivity contribution is 6.17. The van der Waals surface area contributed by atoms with E-state index in [-0.39, 0.29) is 36.7 Å². The van der Waals surface area contributed by atoms with Gasteiger partial charge in [-0.15, -0.1) is 0 Å². The van der Waals surface area contributed by atoms with Crippen LogP contribution in [0.3, 0.4) is 0 Å². The molecule has 1 saturated heterocycles. The molecule has 3 aromatic rings. The van der Waals surface area contributed by atoms with Gasteiger partial charge in [-0.25, -0.2) is 9.78 Å². The molecule has 2 aliphatic rings. The van der Waals surface area contributed by atoms with E-state index < -0.39 is 5.60 Å². The highest BCUT2D eigenvalue weighted by atomic mass is 16.6. The fourth-order valence-electron chi connectivity index (χ4n) is 6.19. The number of likely N-dealkylation sites (N-methyl/N-ethyl adjacent to an activating group) is 2. The summed E-state index contributed by atoms with van der Waals surface area (Å²) in [6, 6.07) is 18.9. The van der Waals surface area contributed by atoms with Crippen molar-refractivity contribution in [3.8, 4) is 0 Å². The molecule has 266 valence electrons.